The van der Waals surface area contributed by atoms with Crippen LogP contribution in [0.25, 0.3) is 11.0 Å². The average Bonchev–Trinajstić information content (AvgIpc) is 2.94. The second kappa shape index (κ2) is 4.44. The quantitative estimate of drug-likeness (QED) is 0.569. The molecule has 0 bridgehead atoms. The molecule has 2 aromatic rings. The van der Waals surface area contributed by atoms with E-state index in [1.807, 2.05) is 0 Å². The van der Waals surface area contributed by atoms with Crippen molar-refractivity contribution < 1.29 is 15.3 Å². The number of rotatable bonds is 2. The summed E-state index contributed by atoms with van der Waals surface area (Å²) >= 11 is 0. The van der Waals surface area contributed by atoms with Crippen molar-refractivity contribution in [3.8, 4) is 0 Å². The molecule has 0 unspecified atom stereocenters. The summed E-state index contributed by atoms with van der Waals surface area (Å²) in [5.41, 5.74) is 7.09. The van der Waals surface area contributed by atoms with Gasteiger partial charge in [-0.1, -0.05) is 0 Å². The van der Waals surface area contributed by atoms with Crippen molar-refractivity contribution in [2.75, 3.05) is 12.3 Å². The molecule has 0 radical (unpaired) electrons. The molecule has 0 amide bonds. The molecule has 7 heteroatoms. The van der Waals surface area contributed by atoms with Gasteiger partial charge in [0.2, 0.25) is 0 Å². The van der Waals surface area contributed by atoms with Crippen LogP contribution in [0.5, 0.6) is 0 Å². The molecule has 4 atom stereocenters. The van der Waals surface area contributed by atoms with E-state index in [2.05, 4.69) is 9.97 Å². The molecule has 3 rings (SSSR count). The van der Waals surface area contributed by atoms with Gasteiger partial charge in [0.1, 0.15) is 11.6 Å². The number of pyridine rings is 1. The smallest absolute Gasteiger partial charge is 0.151 e. The summed E-state index contributed by atoms with van der Waals surface area (Å²) in [5.74, 6) is 0.0135. The van der Waals surface area contributed by atoms with Crippen molar-refractivity contribution >= 4 is 16.9 Å². The summed E-state index contributed by atoms with van der Waals surface area (Å²) in [6.07, 6.45) is 1.81. The summed E-state index contributed by atoms with van der Waals surface area (Å²) in [6.45, 7) is -0.148. The third-order valence-electron chi connectivity index (χ3n) is 3.88. The third-order valence-corrected chi connectivity index (χ3v) is 3.88. The van der Waals surface area contributed by atoms with Crippen molar-refractivity contribution in [2.24, 2.45) is 5.92 Å². The number of nitrogens with zero attached hydrogens (tertiary/aromatic N) is 3. The number of nitrogens with two attached hydrogens (primary N) is 1. The summed E-state index contributed by atoms with van der Waals surface area (Å²) < 4.78 is 1.79. The molecule has 7 nitrogen and oxygen atoms in total. The Labute approximate surface area is 109 Å². The van der Waals surface area contributed by atoms with E-state index in [0.29, 0.717) is 17.8 Å². The van der Waals surface area contributed by atoms with Gasteiger partial charge in [-0.05, 0) is 12.5 Å². The van der Waals surface area contributed by atoms with Gasteiger partial charge in [-0.2, -0.15) is 0 Å². The van der Waals surface area contributed by atoms with Crippen LogP contribution in [0.4, 0.5) is 5.82 Å². The van der Waals surface area contributed by atoms with Crippen LogP contribution in [0.15, 0.2) is 18.6 Å². The van der Waals surface area contributed by atoms with Crippen molar-refractivity contribution in [2.45, 2.75) is 24.7 Å². The van der Waals surface area contributed by atoms with Crippen molar-refractivity contribution in [1.82, 2.24) is 14.5 Å². The number of hydrogen-bond donors (Lipinski definition) is 4. The van der Waals surface area contributed by atoms with Gasteiger partial charge < -0.3 is 25.6 Å². The average molecular weight is 264 g/mol. The number of fused-ring (bicyclic) bond motifs is 1. The number of hydrogen-bond acceptors (Lipinski definition) is 6. The zero-order valence-corrected chi connectivity index (χ0v) is 10.2. The highest BCUT2D eigenvalue weighted by molar-refractivity contribution is 5.84. The molecule has 1 saturated carbocycles. The maximum absolute atomic E-state index is 10.1. The lowest BCUT2D eigenvalue weighted by Gasteiger charge is -2.18. The monoisotopic (exact) mass is 264 g/mol. The minimum Gasteiger partial charge on any atom is -0.396 e. The van der Waals surface area contributed by atoms with Crippen LogP contribution in [0.2, 0.25) is 0 Å². The lowest BCUT2D eigenvalue weighted by atomic mass is 10.1. The SMILES string of the molecule is Nc1nccc2c1ncn2[C@@H]1C[C@H](CO)[C@@H](O)[C@H]1O. The molecule has 1 fully saturated rings. The van der Waals surface area contributed by atoms with Gasteiger partial charge in [0.25, 0.3) is 0 Å². The Hall–Kier alpha value is -1.70. The van der Waals surface area contributed by atoms with Crippen LogP contribution in [0.1, 0.15) is 12.5 Å². The minimum atomic E-state index is -0.927. The van der Waals surface area contributed by atoms with Gasteiger partial charge in [-0.3, -0.25) is 0 Å². The van der Waals surface area contributed by atoms with Gasteiger partial charge in [0.05, 0.1) is 24.0 Å². The Kier molecular flexibility index (Phi) is 2.89. The van der Waals surface area contributed by atoms with Crippen molar-refractivity contribution in [3.63, 3.8) is 0 Å². The van der Waals surface area contributed by atoms with Crippen LogP contribution in [0.3, 0.4) is 0 Å². The number of aromatic nitrogens is 3. The van der Waals surface area contributed by atoms with Crippen LogP contribution in [0, 0.1) is 5.92 Å². The summed E-state index contributed by atoms with van der Waals surface area (Å²) in [7, 11) is 0. The minimum absolute atomic E-state index is 0.148. The topological polar surface area (TPSA) is 117 Å². The van der Waals surface area contributed by atoms with E-state index in [4.69, 9.17) is 5.73 Å². The van der Waals surface area contributed by atoms with Gasteiger partial charge >= 0.3 is 0 Å². The first-order valence-corrected chi connectivity index (χ1v) is 6.17. The molecule has 2 aromatic heterocycles. The number of anilines is 1. The molecular weight excluding hydrogens is 248 g/mol. The van der Waals surface area contributed by atoms with E-state index in [0.717, 1.165) is 5.52 Å². The van der Waals surface area contributed by atoms with Crippen LogP contribution in [-0.4, -0.2) is 48.7 Å². The second-order valence-electron chi connectivity index (χ2n) is 4.94. The Morgan fingerprint density at radius 1 is 1.32 bits per heavy atom. The predicted molar refractivity (Wildman–Crippen MR) is 68.2 cm³/mol. The zero-order chi connectivity index (χ0) is 13.6. The van der Waals surface area contributed by atoms with E-state index in [1.54, 1.807) is 23.2 Å². The lowest BCUT2D eigenvalue weighted by molar-refractivity contribution is -0.00365. The Balaban J connectivity index is 2.04. The predicted octanol–water partition coefficient (Wildman–Crippen LogP) is -0.711. The molecule has 0 aliphatic heterocycles. The number of aliphatic hydroxyl groups is 3. The van der Waals surface area contributed by atoms with Gasteiger partial charge in [0, 0.05) is 18.7 Å². The Morgan fingerprint density at radius 2 is 2.11 bits per heavy atom. The molecule has 1 aliphatic rings. The summed E-state index contributed by atoms with van der Waals surface area (Å²) in [6, 6.07) is 1.45. The maximum atomic E-state index is 10.1. The number of nitrogen functional groups attached to an aromatic ring is 1. The summed E-state index contributed by atoms with van der Waals surface area (Å²) in [4.78, 5) is 8.16. The first kappa shape index (κ1) is 12.3. The Bertz CT molecular complexity index is 600. The first-order valence-electron chi connectivity index (χ1n) is 6.17. The van der Waals surface area contributed by atoms with E-state index in [9.17, 15) is 15.3 Å². The van der Waals surface area contributed by atoms with Gasteiger partial charge in [-0.25, -0.2) is 9.97 Å². The number of imidazole rings is 1. The Morgan fingerprint density at radius 3 is 2.79 bits per heavy atom. The largest absolute Gasteiger partial charge is 0.396 e. The zero-order valence-electron chi connectivity index (χ0n) is 10.2. The van der Waals surface area contributed by atoms with Crippen LogP contribution < -0.4 is 5.73 Å². The highest BCUT2D eigenvalue weighted by Gasteiger charge is 2.42. The van der Waals surface area contributed by atoms with Crippen LogP contribution >= 0.6 is 0 Å². The maximum Gasteiger partial charge on any atom is 0.151 e. The molecule has 19 heavy (non-hydrogen) atoms. The molecule has 1 aliphatic carbocycles. The fraction of sp³-hybridized carbons (Fsp3) is 0.500. The molecular formula is C12H16N4O3. The van der Waals surface area contributed by atoms with Gasteiger partial charge in [0.15, 0.2) is 5.82 Å². The molecule has 2 heterocycles. The van der Waals surface area contributed by atoms with Gasteiger partial charge in [-0.15, -0.1) is 0 Å². The molecule has 0 spiro atoms. The fourth-order valence-corrected chi connectivity index (χ4v) is 2.80. The first-order chi connectivity index (χ1) is 9.13. The fourth-order valence-electron chi connectivity index (χ4n) is 2.80. The standard InChI is InChI=1S/C12H16N4O3/c13-12-9-7(1-2-14-12)16(5-15-9)8-3-6(4-17)10(18)11(8)19/h1-2,5-6,8,10-11,17-19H,3-4H2,(H2,13,14)/t6-,8-,10-,11+/m1/s1. The van der Waals surface area contributed by atoms with Crippen molar-refractivity contribution in [3.05, 3.63) is 18.6 Å². The molecule has 5 N–H and O–H groups in total. The van der Waals surface area contributed by atoms with E-state index < -0.39 is 12.2 Å². The van der Waals surface area contributed by atoms with E-state index in [-0.39, 0.29) is 18.6 Å². The molecule has 102 valence electrons. The second-order valence-corrected chi connectivity index (χ2v) is 4.94. The number of aliphatic hydroxyl groups excluding tert-OH is 3. The normalized spacial score (nSPS) is 31.1. The third kappa shape index (κ3) is 1.78. The highest BCUT2D eigenvalue weighted by Crippen LogP contribution is 2.37. The van der Waals surface area contributed by atoms with E-state index >= 15 is 0 Å². The molecule has 0 aromatic carbocycles. The van der Waals surface area contributed by atoms with Crippen molar-refractivity contribution in [1.29, 1.82) is 0 Å². The summed E-state index contributed by atoms with van der Waals surface area (Å²) in [5, 5.41) is 29.2. The highest BCUT2D eigenvalue weighted by atomic mass is 16.3. The van der Waals surface area contributed by atoms with Crippen LogP contribution in [-0.2, 0) is 0 Å². The molecule has 0 saturated heterocycles. The lowest BCUT2D eigenvalue weighted by Crippen LogP contribution is -2.30. The van der Waals surface area contributed by atoms with E-state index in [1.165, 1.54) is 0 Å².